The Balaban J connectivity index is 4.18. The molecule has 0 rings (SSSR count). The average molecular weight is 146 g/mol. The highest BCUT2D eigenvalue weighted by Gasteiger charge is 2.07. The fourth-order valence-corrected chi connectivity index (χ4v) is 0.537. The van der Waals surface area contributed by atoms with Crippen LogP contribution in [-0.2, 0) is 0 Å². The monoisotopic (exact) mass is 146 g/mol. The molecule has 0 spiro atoms. The van der Waals surface area contributed by atoms with E-state index in [1.165, 1.54) is 6.08 Å². The fourth-order valence-electron chi connectivity index (χ4n) is 0.537. The van der Waals surface area contributed by atoms with Crippen LogP contribution in [0.3, 0.4) is 0 Å². The third kappa shape index (κ3) is 2.76. The van der Waals surface area contributed by atoms with Crippen molar-refractivity contribution in [3.8, 4) is 0 Å². The van der Waals surface area contributed by atoms with Crippen molar-refractivity contribution in [1.29, 1.82) is 0 Å². The lowest BCUT2D eigenvalue weighted by Crippen LogP contribution is -1.90. The van der Waals surface area contributed by atoms with Gasteiger partial charge in [-0.15, -0.1) is 6.58 Å². The Morgan fingerprint density at radius 2 is 2.00 bits per heavy atom. The summed E-state index contributed by atoms with van der Waals surface area (Å²) in [6, 6.07) is 0. The molecule has 0 saturated carbocycles. The standard InChI is InChI=1S/C8H12F2/c1-4-5-7(9)8(10)6(2)3/h4,6H,1,5H2,2-3H3/b8-7-. The molecule has 0 atom stereocenters. The second-order valence-corrected chi connectivity index (χ2v) is 2.40. The predicted molar refractivity (Wildman–Crippen MR) is 38.9 cm³/mol. The van der Waals surface area contributed by atoms with Crippen LogP contribution in [0.1, 0.15) is 20.3 Å². The lowest BCUT2D eigenvalue weighted by atomic mass is 10.1. The molecule has 0 fully saturated rings. The molecule has 0 amide bonds. The Bertz CT molecular complexity index is 145. The van der Waals surface area contributed by atoms with E-state index in [4.69, 9.17) is 0 Å². The Morgan fingerprint density at radius 1 is 1.50 bits per heavy atom. The average Bonchev–Trinajstić information content (AvgIpc) is 1.87. The van der Waals surface area contributed by atoms with Crippen LogP contribution >= 0.6 is 0 Å². The van der Waals surface area contributed by atoms with Crippen molar-refractivity contribution in [2.75, 3.05) is 0 Å². The van der Waals surface area contributed by atoms with Gasteiger partial charge in [0.15, 0.2) is 0 Å². The molecule has 0 aliphatic carbocycles. The van der Waals surface area contributed by atoms with Crippen LogP contribution in [-0.4, -0.2) is 0 Å². The molecule has 0 aromatic rings. The van der Waals surface area contributed by atoms with E-state index in [-0.39, 0.29) is 12.3 Å². The van der Waals surface area contributed by atoms with Crippen molar-refractivity contribution >= 4 is 0 Å². The summed E-state index contributed by atoms with van der Waals surface area (Å²) in [5, 5.41) is 0. The summed E-state index contributed by atoms with van der Waals surface area (Å²) in [5.41, 5.74) is 0. The van der Waals surface area contributed by atoms with Crippen LogP contribution in [0, 0.1) is 5.92 Å². The number of halogens is 2. The van der Waals surface area contributed by atoms with E-state index in [0.717, 1.165) is 0 Å². The lowest BCUT2D eigenvalue weighted by molar-refractivity contribution is 0.455. The third-order valence-corrected chi connectivity index (χ3v) is 1.09. The molecule has 0 unspecified atom stereocenters. The van der Waals surface area contributed by atoms with Crippen molar-refractivity contribution in [2.24, 2.45) is 5.92 Å². The predicted octanol–water partition coefficient (Wildman–Crippen LogP) is 3.37. The minimum Gasteiger partial charge on any atom is -0.209 e. The summed E-state index contributed by atoms with van der Waals surface area (Å²) in [5.74, 6) is -1.73. The fraction of sp³-hybridized carbons (Fsp3) is 0.500. The van der Waals surface area contributed by atoms with Gasteiger partial charge in [0.1, 0.15) is 11.7 Å². The molecule has 0 aliphatic rings. The molecule has 0 N–H and O–H groups in total. The first-order valence-electron chi connectivity index (χ1n) is 3.24. The van der Waals surface area contributed by atoms with Gasteiger partial charge in [-0.1, -0.05) is 19.9 Å². The van der Waals surface area contributed by atoms with Crippen molar-refractivity contribution < 1.29 is 8.78 Å². The summed E-state index contributed by atoms with van der Waals surface area (Å²) in [4.78, 5) is 0. The van der Waals surface area contributed by atoms with E-state index >= 15 is 0 Å². The van der Waals surface area contributed by atoms with Crippen molar-refractivity contribution in [1.82, 2.24) is 0 Å². The molecular formula is C8H12F2. The first kappa shape index (κ1) is 9.34. The molecule has 0 bridgehead atoms. The van der Waals surface area contributed by atoms with E-state index in [2.05, 4.69) is 6.58 Å². The van der Waals surface area contributed by atoms with Gasteiger partial charge in [-0.2, -0.15) is 0 Å². The molecule has 0 saturated heterocycles. The van der Waals surface area contributed by atoms with E-state index in [0.29, 0.717) is 0 Å². The number of allylic oxidation sites excluding steroid dienone is 3. The Hall–Kier alpha value is -0.660. The largest absolute Gasteiger partial charge is 0.209 e. The molecule has 0 radical (unpaired) electrons. The normalized spacial score (nSPS) is 13.3. The summed E-state index contributed by atoms with van der Waals surface area (Å²) >= 11 is 0. The number of hydrogen-bond donors (Lipinski definition) is 0. The maximum Gasteiger partial charge on any atom is 0.135 e. The third-order valence-electron chi connectivity index (χ3n) is 1.09. The molecule has 0 aliphatic heterocycles. The Kier molecular flexibility index (Phi) is 3.93. The van der Waals surface area contributed by atoms with Gasteiger partial charge in [0.25, 0.3) is 0 Å². The molecule has 2 heteroatoms. The van der Waals surface area contributed by atoms with Gasteiger partial charge in [-0.3, -0.25) is 0 Å². The highest BCUT2D eigenvalue weighted by Crippen LogP contribution is 2.19. The quantitative estimate of drug-likeness (QED) is 0.535. The van der Waals surface area contributed by atoms with Gasteiger partial charge in [-0.25, -0.2) is 8.78 Å². The van der Waals surface area contributed by atoms with Gasteiger partial charge in [0, 0.05) is 12.3 Å². The van der Waals surface area contributed by atoms with Crippen molar-refractivity contribution in [2.45, 2.75) is 20.3 Å². The second kappa shape index (κ2) is 4.20. The minimum atomic E-state index is -0.704. The summed E-state index contributed by atoms with van der Waals surface area (Å²) in [6.45, 7) is 6.52. The van der Waals surface area contributed by atoms with E-state index in [1.807, 2.05) is 0 Å². The lowest BCUT2D eigenvalue weighted by Gasteiger charge is -2.00. The topological polar surface area (TPSA) is 0 Å². The van der Waals surface area contributed by atoms with Gasteiger partial charge in [0.2, 0.25) is 0 Å². The molecule has 0 nitrogen and oxygen atoms in total. The Labute approximate surface area is 60.2 Å². The highest BCUT2D eigenvalue weighted by atomic mass is 19.2. The molecule has 0 aromatic heterocycles. The number of hydrogen-bond acceptors (Lipinski definition) is 0. The smallest absolute Gasteiger partial charge is 0.135 e. The first-order chi connectivity index (χ1) is 4.59. The Morgan fingerprint density at radius 3 is 2.30 bits per heavy atom. The van der Waals surface area contributed by atoms with E-state index < -0.39 is 11.7 Å². The molecule has 0 heterocycles. The zero-order valence-electron chi connectivity index (χ0n) is 6.32. The molecule has 10 heavy (non-hydrogen) atoms. The van der Waals surface area contributed by atoms with E-state index in [9.17, 15) is 8.78 Å². The molecule has 0 aromatic carbocycles. The van der Waals surface area contributed by atoms with Crippen molar-refractivity contribution in [3.05, 3.63) is 24.3 Å². The maximum absolute atomic E-state index is 12.6. The summed E-state index contributed by atoms with van der Waals surface area (Å²) in [6.07, 6.45) is 1.33. The zero-order valence-corrected chi connectivity index (χ0v) is 6.32. The van der Waals surface area contributed by atoms with E-state index in [1.54, 1.807) is 13.8 Å². The summed E-state index contributed by atoms with van der Waals surface area (Å²) in [7, 11) is 0. The summed E-state index contributed by atoms with van der Waals surface area (Å²) < 4.78 is 25.0. The van der Waals surface area contributed by atoms with Gasteiger partial charge in [0.05, 0.1) is 0 Å². The van der Waals surface area contributed by atoms with Crippen molar-refractivity contribution in [3.63, 3.8) is 0 Å². The highest BCUT2D eigenvalue weighted by molar-refractivity contribution is 5.05. The van der Waals surface area contributed by atoms with Crippen LogP contribution in [0.4, 0.5) is 8.78 Å². The first-order valence-corrected chi connectivity index (χ1v) is 3.24. The van der Waals surface area contributed by atoms with Crippen LogP contribution in [0.15, 0.2) is 24.3 Å². The second-order valence-electron chi connectivity index (χ2n) is 2.40. The van der Waals surface area contributed by atoms with Crippen LogP contribution < -0.4 is 0 Å². The van der Waals surface area contributed by atoms with Gasteiger partial charge in [-0.05, 0) is 0 Å². The van der Waals surface area contributed by atoms with Crippen LogP contribution in [0.5, 0.6) is 0 Å². The molecule has 58 valence electrons. The van der Waals surface area contributed by atoms with Gasteiger partial charge >= 0.3 is 0 Å². The molecular weight excluding hydrogens is 134 g/mol. The SMILES string of the molecule is C=CC/C(F)=C(/F)C(C)C. The van der Waals surface area contributed by atoms with Crippen LogP contribution in [0.25, 0.3) is 0 Å². The zero-order chi connectivity index (χ0) is 8.15. The van der Waals surface area contributed by atoms with Gasteiger partial charge < -0.3 is 0 Å². The van der Waals surface area contributed by atoms with Crippen LogP contribution in [0.2, 0.25) is 0 Å². The maximum atomic E-state index is 12.6. The minimum absolute atomic E-state index is 0.00991. The number of rotatable bonds is 3.